The second kappa shape index (κ2) is 7.68. The van der Waals surface area contributed by atoms with Gasteiger partial charge in [0.2, 0.25) is 0 Å². The molecule has 0 radical (unpaired) electrons. The van der Waals surface area contributed by atoms with Gasteiger partial charge in [-0.25, -0.2) is 9.40 Å². The third kappa shape index (κ3) is 3.81. The quantitative estimate of drug-likeness (QED) is 0.658. The highest BCUT2D eigenvalue weighted by atomic mass is 19.1. The average molecular weight is 378 g/mol. The highest BCUT2D eigenvalue weighted by Gasteiger charge is 2.35. The lowest BCUT2D eigenvalue weighted by atomic mass is 10.0. The summed E-state index contributed by atoms with van der Waals surface area (Å²) in [5, 5.41) is 5.97. The lowest BCUT2D eigenvalue weighted by molar-refractivity contribution is -0.135. The minimum absolute atomic E-state index is 0.201. The number of furan rings is 1. The number of carbonyl (C=O) groups excluding carboxylic acids is 1. The molecule has 6 heteroatoms. The Balaban J connectivity index is 1.54. The second-order valence-corrected chi connectivity index (χ2v) is 6.63. The molecule has 0 fully saturated rings. The van der Waals surface area contributed by atoms with Crippen molar-refractivity contribution in [3.8, 4) is 5.75 Å². The van der Waals surface area contributed by atoms with Gasteiger partial charge in [-0.15, -0.1) is 0 Å². The lowest BCUT2D eigenvalue weighted by Gasteiger charge is -2.20. The molecule has 0 aliphatic carbocycles. The number of nitrogens with zero attached hydrogens (tertiary/aromatic N) is 2. The maximum Gasteiger partial charge on any atom is 0.281 e. The first-order valence-electron chi connectivity index (χ1n) is 8.98. The minimum atomic E-state index is -0.358. The fourth-order valence-corrected chi connectivity index (χ4v) is 3.11. The van der Waals surface area contributed by atoms with Crippen molar-refractivity contribution in [2.75, 3.05) is 6.61 Å². The molecule has 1 unspecified atom stereocenters. The number of hydrogen-bond donors (Lipinski definition) is 0. The molecule has 0 bridgehead atoms. The van der Waals surface area contributed by atoms with Crippen LogP contribution in [-0.4, -0.2) is 23.2 Å². The number of aryl methyl sites for hydroxylation is 1. The van der Waals surface area contributed by atoms with E-state index < -0.39 is 0 Å². The van der Waals surface area contributed by atoms with Gasteiger partial charge in [-0.1, -0.05) is 29.8 Å². The van der Waals surface area contributed by atoms with Crippen LogP contribution in [-0.2, 0) is 4.79 Å². The van der Waals surface area contributed by atoms with Crippen molar-refractivity contribution in [3.05, 3.63) is 89.6 Å². The molecule has 0 spiro atoms. The first kappa shape index (κ1) is 18.0. The van der Waals surface area contributed by atoms with Crippen LogP contribution in [0.4, 0.5) is 4.39 Å². The van der Waals surface area contributed by atoms with Crippen LogP contribution in [0, 0.1) is 12.7 Å². The predicted octanol–water partition coefficient (Wildman–Crippen LogP) is 4.48. The Kier molecular flexibility index (Phi) is 4.93. The van der Waals surface area contributed by atoms with Crippen molar-refractivity contribution in [3.63, 3.8) is 0 Å². The largest absolute Gasteiger partial charge is 0.484 e. The first-order valence-corrected chi connectivity index (χ1v) is 8.98. The third-order valence-corrected chi connectivity index (χ3v) is 4.60. The van der Waals surface area contributed by atoms with E-state index in [9.17, 15) is 9.18 Å². The van der Waals surface area contributed by atoms with E-state index in [1.807, 2.05) is 37.3 Å². The van der Waals surface area contributed by atoms with Crippen molar-refractivity contribution in [2.45, 2.75) is 19.4 Å². The lowest BCUT2D eigenvalue weighted by Crippen LogP contribution is -2.31. The van der Waals surface area contributed by atoms with E-state index in [2.05, 4.69) is 5.10 Å². The summed E-state index contributed by atoms with van der Waals surface area (Å²) < 4.78 is 24.0. The fraction of sp³-hybridized carbons (Fsp3) is 0.182. The molecule has 1 aromatic heterocycles. The van der Waals surface area contributed by atoms with Crippen LogP contribution in [0.1, 0.15) is 29.3 Å². The molecule has 3 aromatic rings. The summed E-state index contributed by atoms with van der Waals surface area (Å²) >= 11 is 0. The van der Waals surface area contributed by atoms with Gasteiger partial charge in [0.25, 0.3) is 5.91 Å². The average Bonchev–Trinajstić information content (AvgIpc) is 3.37. The van der Waals surface area contributed by atoms with Crippen molar-refractivity contribution in [2.24, 2.45) is 5.10 Å². The van der Waals surface area contributed by atoms with Crippen LogP contribution in [0.3, 0.4) is 0 Å². The van der Waals surface area contributed by atoms with Gasteiger partial charge in [0.15, 0.2) is 6.61 Å². The molecule has 2 aromatic carbocycles. The fourth-order valence-electron chi connectivity index (χ4n) is 3.11. The van der Waals surface area contributed by atoms with Crippen LogP contribution < -0.4 is 4.74 Å². The summed E-state index contributed by atoms with van der Waals surface area (Å²) in [7, 11) is 0. The highest BCUT2D eigenvalue weighted by molar-refractivity contribution is 6.03. The van der Waals surface area contributed by atoms with Gasteiger partial charge in [-0.2, -0.15) is 5.10 Å². The van der Waals surface area contributed by atoms with Gasteiger partial charge in [0, 0.05) is 6.42 Å². The van der Waals surface area contributed by atoms with E-state index in [4.69, 9.17) is 9.15 Å². The number of amides is 1. The zero-order valence-electron chi connectivity index (χ0n) is 15.3. The number of carbonyl (C=O) groups is 1. The molecule has 1 amide bonds. The number of hydrazone groups is 1. The van der Waals surface area contributed by atoms with Crippen LogP contribution in [0.2, 0.25) is 0 Å². The number of benzene rings is 2. The monoisotopic (exact) mass is 378 g/mol. The van der Waals surface area contributed by atoms with E-state index in [-0.39, 0.29) is 24.4 Å². The van der Waals surface area contributed by atoms with E-state index in [0.717, 1.165) is 16.8 Å². The second-order valence-electron chi connectivity index (χ2n) is 6.63. The summed E-state index contributed by atoms with van der Waals surface area (Å²) in [4.78, 5) is 12.8. The maximum absolute atomic E-state index is 13.0. The summed E-state index contributed by atoms with van der Waals surface area (Å²) in [5.74, 6) is 0.434. The van der Waals surface area contributed by atoms with E-state index in [1.165, 1.54) is 29.3 Å². The molecule has 142 valence electrons. The zero-order chi connectivity index (χ0) is 19.5. The standard InChI is InChI=1S/C22H19FN2O3/c1-15-4-6-16(7-5-15)19-13-20(21-3-2-12-27-21)25(24-19)22(26)14-28-18-10-8-17(23)9-11-18/h2-12,20H,13-14H2,1H3. The van der Waals surface area contributed by atoms with Gasteiger partial charge in [-0.3, -0.25) is 4.79 Å². The molecule has 0 saturated carbocycles. The number of halogens is 1. The first-order chi connectivity index (χ1) is 13.6. The molecule has 1 atom stereocenters. The van der Waals surface area contributed by atoms with Crippen molar-refractivity contribution in [1.29, 1.82) is 0 Å². The Morgan fingerprint density at radius 2 is 1.93 bits per heavy atom. The summed E-state index contributed by atoms with van der Waals surface area (Å²) in [6.07, 6.45) is 2.13. The zero-order valence-corrected chi connectivity index (χ0v) is 15.3. The molecule has 0 saturated heterocycles. The molecule has 5 nitrogen and oxygen atoms in total. The Labute approximate surface area is 162 Å². The van der Waals surface area contributed by atoms with Gasteiger partial charge in [-0.05, 0) is 48.9 Å². The van der Waals surface area contributed by atoms with Gasteiger partial charge >= 0.3 is 0 Å². The molecular formula is C22H19FN2O3. The smallest absolute Gasteiger partial charge is 0.281 e. The van der Waals surface area contributed by atoms with Crippen molar-refractivity contribution >= 4 is 11.6 Å². The maximum atomic E-state index is 13.0. The Bertz CT molecular complexity index is 980. The number of rotatable bonds is 5. The molecule has 4 rings (SSSR count). The summed E-state index contributed by atoms with van der Waals surface area (Å²) in [6, 6.07) is 16.9. The van der Waals surface area contributed by atoms with E-state index in [1.54, 1.807) is 12.3 Å². The predicted molar refractivity (Wildman–Crippen MR) is 103 cm³/mol. The third-order valence-electron chi connectivity index (χ3n) is 4.60. The molecular weight excluding hydrogens is 359 g/mol. The minimum Gasteiger partial charge on any atom is -0.484 e. The summed E-state index contributed by atoms with van der Waals surface area (Å²) in [5.41, 5.74) is 2.94. The van der Waals surface area contributed by atoms with Gasteiger partial charge < -0.3 is 9.15 Å². The molecule has 1 aliphatic rings. The normalized spacial score (nSPS) is 16.1. The van der Waals surface area contributed by atoms with Crippen LogP contribution in [0.25, 0.3) is 0 Å². The SMILES string of the molecule is Cc1ccc(C2=NN(C(=O)COc3ccc(F)cc3)C(c3ccco3)C2)cc1. The molecule has 2 heterocycles. The van der Waals surface area contributed by atoms with Crippen molar-refractivity contribution < 1.29 is 18.3 Å². The number of hydrogen-bond acceptors (Lipinski definition) is 4. The van der Waals surface area contributed by atoms with Crippen molar-refractivity contribution in [1.82, 2.24) is 5.01 Å². The summed E-state index contributed by atoms with van der Waals surface area (Å²) in [6.45, 7) is 1.82. The van der Waals surface area contributed by atoms with E-state index in [0.29, 0.717) is 17.9 Å². The highest BCUT2D eigenvalue weighted by Crippen LogP contribution is 2.33. The molecule has 1 aliphatic heterocycles. The van der Waals surface area contributed by atoms with Crippen LogP contribution >= 0.6 is 0 Å². The topological polar surface area (TPSA) is 55.0 Å². The van der Waals surface area contributed by atoms with Crippen LogP contribution in [0.5, 0.6) is 5.75 Å². The molecule has 28 heavy (non-hydrogen) atoms. The van der Waals surface area contributed by atoms with Gasteiger partial charge in [0.05, 0.1) is 12.0 Å². The Morgan fingerprint density at radius 3 is 2.61 bits per heavy atom. The van der Waals surface area contributed by atoms with Crippen LogP contribution in [0.15, 0.2) is 76.4 Å². The molecule has 0 N–H and O–H groups in total. The Hall–Kier alpha value is -3.41. The Morgan fingerprint density at radius 1 is 1.18 bits per heavy atom. The van der Waals surface area contributed by atoms with E-state index >= 15 is 0 Å². The van der Waals surface area contributed by atoms with Gasteiger partial charge in [0.1, 0.15) is 23.4 Å². The number of ether oxygens (including phenoxy) is 1.